The van der Waals surface area contributed by atoms with Crippen molar-refractivity contribution < 1.29 is 19.3 Å². The van der Waals surface area contributed by atoms with Gasteiger partial charge in [0.25, 0.3) is 6.04 Å². The monoisotopic (exact) mass is 446 g/mol. The molecule has 0 saturated carbocycles. The Bertz CT molecular complexity index is 1600. The minimum atomic E-state index is -0.858. The molecule has 0 aromatic heterocycles. The van der Waals surface area contributed by atoms with Gasteiger partial charge in [-0.2, -0.15) is 0 Å². The Morgan fingerprint density at radius 1 is 0.941 bits per heavy atom. The first-order valence-corrected chi connectivity index (χ1v) is 11.4. The van der Waals surface area contributed by atoms with Gasteiger partial charge in [0.1, 0.15) is 0 Å². The summed E-state index contributed by atoms with van der Waals surface area (Å²) in [6.45, 7) is 2.00. The van der Waals surface area contributed by atoms with Gasteiger partial charge in [0.15, 0.2) is 0 Å². The second-order valence-corrected chi connectivity index (χ2v) is 8.55. The summed E-state index contributed by atoms with van der Waals surface area (Å²) in [7, 11) is 0. The number of hydrogen-bond donors (Lipinski definition) is 0. The molecule has 1 aliphatic rings. The van der Waals surface area contributed by atoms with Crippen LogP contribution in [0.4, 0.5) is 0 Å². The van der Waals surface area contributed by atoms with Crippen LogP contribution in [-0.2, 0) is 9.53 Å². The summed E-state index contributed by atoms with van der Waals surface area (Å²) < 4.78 is 6.87. The van der Waals surface area contributed by atoms with Crippen molar-refractivity contribution in [3.8, 4) is 0 Å². The van der Waals surface area contributed by atoms with E-state index in [-0.39, 0.29) is 12.5 Å². The van der Waals surface area contributed by atoms with E-state index in [0.29, 0.717) is 0 Å². The second-order valence-electron chi connectivity index (χ2n) is 8.55. The van der Waals surface area contributed by atoms with Gasteiger partial charge in [-0.25, -0.2) is 4.79 Å². The lowest BCUT2D eigenvalue weighted by Gasteiger charge is -2.17. The molecule has 0 aliphatic carbocycles. The molecule has 5 aromatic rings. The highest BCUT2D eigenvalue weighted by Crippen LogP contribution is 2.36. The first-order chi connectivity index (χ1) is 16.7. The molecule has 0 spiro atoms. The van der Waals surface area contributed by atoms with E-state index in [1.54, 1.807) is 6.92 Å². The first-order valence-electron chi connectivity index (χ1n) is 11.4. The average molecular weight is 447 g/mol. The number of benzene rings is 5. The zero-order valence-corrected chi connectivity index (χ0v) is 18.6. The summed E-state index contributed by atoms with van der Waals surface area (Å²) >= 11 is 0. The van der Waals surface area contributed by atoms with Crippen molar-refractivity contribution in [1.29, 1.82) is 0 Å². The largest absolute Gasteiger partial charge is 0.857 e. The minimum absolute atomic E-state index is 0.232. The Labute approximate surface area is 196 Å². The highest BCUT2D eigenvalue weighted by molar-refractivity contribution is 6.25. The third-order valence-electron chi connectivity index (χ3n) is 6.58. The van der Waals surface area contributed by atoms with Crippen LogP contribution in [0.25, 0.3) is 32.3 Å². The smallest absolute Gasteiger partial charge is 0.379 e. The molecule has 6 rings (SSSR count). The van der Waals surface area contributed by atoms with E-state index in [1.165, 1.54) is 20.8 Å². The van der Waals surface area contributed by atoms with Crippen LogP contribution in [0.5, 0.6) is 0 Å². The number of hydrogen-bond acceptors (Lipinski definition) is 4. The number of esters is 1. The maximum absolute atomic E-state index is 13.1. The van der Waals surface area contributed by atoms with Crippen molar-refractivity contribution in [3.05, 3.63) is 96.1 Å². The molecule has 0 fully saturated rings. The molecule has 0 amide bonds. The molecule has 2 atom stereocenters. The van der Waals surface area contributed by atoms with Gasteiger partial charge in [0.2, 0.25) is 6.21 Å². The van der Waals surface area contributed by atoms with E-state index in [9.17, 15) is 9.90 Å². The van der Waals surface area contributed by atoms with Crippen LogP contribution in [0.15, 0.2) is 90.0 Å². The van der Waals surface area contributed by atoms with Crippen molar-refractivity contribution in [1.82, 2.24) is 0 Å². The van der Waals surface area contributed by atoms with Crippen molar-refractivity contribution >= 4 is 50.4 Å². The van der Waals surface area contributed by atoms with Crippen LogP contribution in [0.1, 0.15) is 24.0 Å². The van der Waals surface area contributed by atoms with E-state index in [1.807, 2.05) is 48.7 Å². The van der Waals surface area contributed by atoms with Crippen LogP contribution in [0.2, 0.25) is 0 Å². The lowest BCUT2D eigenvalue weighted by molar-refractivity contribution is -0.548. The number of hydrazone groups is 1. The Kier molecular flexibility index (Phi) is 4.77. The van der Waals surface area contributed by atoms with Crippen LogP contribution < -0.4 is 5.11 Å². The second kappa shape index (κ2) is 7.96. The Balaban J connectivity index is 1.58. The van der Waals surface area contributed by atoms with Crippen molar-refractivity contribution in [2.45, 2.75) is 18.9 Å². The molecule has 0 unspecified atom stereocenters. The average Bonchev–Trinajstić information content (AvgIpc) is 3.19. The van der Waals surface area contributed by atoms with Gasteiger partial charge in [-0.15, -0.1) is 0 Å². The topological polar surface area (TPSA) is 64.7 Å². The number of nitrogens with zero attached hydrogens (tertiary/aromatic N) is 2. The molecule has 0 N–H and O–H groups in total. The molecule has 5 aromatic carbocycles. The van der Waals surface area contributed by atoms with Gasteiger partial charge in [-0.1, -0.05) is 83.5 Å². The predicted molar refractivity (Wildman–Crippen MR) is 133 cm³/mol. The van der Waals surface area contributed by atoms with E-state index in [4.69, 9.17) is 4.74 Å². The van der Waals surface area contributed by atoms with Gasteiger partial charge in [0.05, 0.1) is 12.5 Å². The van der Waals surface area contributed by atoms with Gasteiger partial charge < -0.3 is 9.84 Å². The highest BCUT2D eigenvalue weighted by atomic mass is 16.5. The minimum Gasteiger partial charge on any atom is -0.857 e. The van der Waals surface area contributed by atoms with E-state index < -0.39 is 17.9 Å². The summed E-state index contributed by atoms with van der Waals surface area (Å²) in [5.41, 5.74) is 1.65. The molecule has 166 valence electrons. The third kappa shape index (κ3) is 3.12. The van der Waals surface area contributed by atoms with E-state index in [2.05, 4.69) is 47.6 Å². The van der Waals surface area contributed by atoms with Crippen LogP contribution in [0.3, 0.4) is 0 Å². The molecule has 1 heterocycles. The van der Waals surface area contributed by atoms with Crippen LogP contribution in [-0.4, -0.2) is 35.4 Å². The van der Waals surface area contributed by atoms with Gasteiger partial charge in [0, 0.05) is 11.5 Å². The lowest BCUT2D eigenvalue weighted by Crippen LogP contribution is -2.39. The standard InChI is InChI=1S/C29H22N2O3/c1-2-34-29(33)27-26(18-8-4-3-5-9-18)28(32)30-31(27)17-22-16-21-12-6-10-19-14-15-20-11-7-13-23(22)25(20)24(19)21/h3-17,26-27H,2H2,1H3/b31-17-/t26-,27-/m0/s1. The molecular weight excluding hydrogens is 424 g/mol. The molecule has 1 aliphatic heterocycles. The summed E-state index contributed by atoms with van der Waals surface area (Å²) in [6, 6.07) is 27.3. The normalized spacial score (nSPS) is 19.3. The van der Waals surface area contributed by atoms with E-state index in [0.717, 1.165) is 27.3 Å². The zero-order chi connectivity index (χ0) is 23.2. The molecule has 0 saturated heterocycles. The van der Waals surface area contributed by atoms with E-state index >= 15 is 0 Å². The van der Waals surface area contributed by atoms with Gasteiger partial charge >= 0.3 is 5.97 Å². The number of rotatable bonds is 4. The fraction of sp³-hybridized carbons (Fsp3) is 0.138. The number of ether oxygens (including phenoxy) is 1. The quantitative estimate of drug-likeness (QED) is 0.233. The molecule has 0 bridgehead atoms. The van der Waals surface area contributed by atoms with Gasteiger partial charge in [-0.05, 0) is 56.0 Å². The Hall–Kier alpha value is -4.25. The maximum atomic E-state index is 13.1. The van der Waals surface area contributed by atoms with Crippen LogP contribution in [0, 0.1) is 0 Å². The predicted octanol–water partition coefficient (Wildman–Crippen LogP) is 4.42. The number of carbonyl (C=O) groups excluding carboxylic acids is 1. The molecule has 5 nitrogen and oxygen atoms in total. The summed E-state index contributed by atoms with van der Waals surface area (Å²) in [6.07, 6.45) is 1.81. The SMILES string of the molecule is CCOC(=O)[C@@H]1[C@H](c2ccccc2)C([O-])=N/[N+]1=C\c1cc2cccc3ccc4cccc1c4c32. The van der Waals surface area contributed by atoms with Crippen molar-refractivity contribution in [3.63, 3.8) is 0 Å². The first kappa shape index (κ1) is 20.4. The van der Waals surface area contributed by atoms with Gasteiger partial charge in [-0.3, -0.25) is 0 Å². The third-order valence-corrected chi connectivity index (χ3v) is 6.58. The summed E-state index contributed by atoms with van der Waals surface area (Å²) in [4.78, 5) is 13.1. The van der Waals surface area contributed by atoms with Crippen LogP contribution >= 0.6 is 0 Å². The summed E-state index contributed by atoms with van der Waals surface area (Å²) in [5.74, 6) is -1.52. The highest BCUT2D eigenvalue weighted by Gasteiger charge is 2.46. The summed E-state index contributed by atoms with van der Waals surface area (Å²) in [5, 5.41) is 24.2. The number of carbonyl (C=O) groups is 1. The fourth-order valence-electron chi connectivity index (χ4n) is 5.13. The van der Waals surface area contributed by atoms with Crippen molar-refractivity contribution in [2.24, 2.45) is 5.10 Å². The maximum Gasteiger partial charge on any atom is 0.379 e. The molecular formula is C29H22N2O3. The Morgan fingerprint density at radius 2 is 1.65 bits per heavy atom. The molecule has 5 heteroatoms. The molecule has 34 heavy (non-hydrogen) atoms. The fourth-order valence-corrected chi connectivity index (χ4v) is 5.13. The van der Waals surface area contributed by atoms with Crippen molar-refractivity contribution in [2.75, 3.05) is 6.61 Å². The lowest BCUT2D eigenvalue weighted by atomic mass is 9.91. The Morgan fingerprint density at radius 3 is 2.41 bits per heavy atom. The zero-order valence-electron chi connectivity index (χ0n) is 18.6. The molecule has 0 radical (unpaired) electrons.